The quantitative estimate of drug-likeness (QED) is 0.725. The van der Waals surface area contributed by atoms with Gasteiger partial charge in [0.1, 0.15) is 0 Å². The largest absolute Gasteiger partial charge is 0.198 e. The van der Waals surface area contributed by atoms with E-state index in [-0.39, 0.29) is 5.92 Å². The minimum atomic E-state index is 0.186. The predicted molar refractivity (Wildman–Crippen MR) is 65.9 cm³/mol. The van der Waals surface area contributed by atoms with E-state index in [4.69, 9.17) is 5.26 Å². The summed E-state index contributed by atoms with van der Waals surface area (Å²) in [5.74, 6) is 1.34. The Bertz CT molecular complexity index is 363. The van der Waals surface area contributed by atoms with E-state index in [0.717, 1.165) is 0 Å². The summed E-state index contributed by atoms with van der Waals surface area (Å²) in [6, 6.07) is 13.1. The Kier molecular flexibility index (Phi) is 3.62. The molecule has 1 aliphatic carbocycles. The van der Waals surface area contributed by atoms with Gasteiger partial charge in [-0.3, -0.25) is 0 Å². The number of benzene rings is 1. The molecule has 1 aromatic carbocycles. The summed E-state index contributed by atoms with van der Waals surface area (Å²) in [7, 11) is 0. The lowest BCUT2D eigenvalue weighted by atomic mass is 9.70. The molecule has 0 aromatic heterocycles. The van der Waals surface area contributed by atoms with E-state index < -0.39 is 0 Å². The Morgan fingerprint density at radius 3 is 2.56 bits per heavy atom. The fourth-order valence-corrected chi connectivity index (χ4v) is 2.97. The Hall–Kier alpha value is -1.29. The molecular weight excluding hydrogens is 194 g/mol. The molecule has 1 aromatic rings. The molecule has 84 valence electrons. The fourth-order valence-electron chi connectivity index (χ4n) is 2.97. The van der Waals surface area contributed by atoms with Crippen LogP contribution in [0.25, 0.3) is 0 Å². The molecule has 3 unspecified atom stereocenters. The van der Waals surface area contributed by atoms with Crippen molar-refractivity contribution < 1.29 is 0 Å². The SMILES string of the molecule is CC(C#N)C1CCCCC1c1ccccc1. The summed E-state index contributed by atoms with van der Waals surface area (Å²) in [6.07, 6.45) is 5.07. The van der Waals surface area contributed by atoms with Crippen LogP contribution in [0.1, 0.15) is 44.1 Å². The van der Waals surface area contributed by atoms with Crippen molar-refractivity contribution in [3.05, 3.63) is 35.9 Å². The number of nitriles is 1. The van der Waals surface area contributed by atoms with Crippen LogP contribution in [0.4, 0.5) is 0 Å². The Labute approximate surface area is 98.1 Å². The second kappa shape index (κ2) is 5.16. The molecule has 1 fully saturated rings. The van der Waals surface area contributed by atoms with E-state index >= 15 is 0 Å². The third-order valence-electron chi connectivity index (χ3n) is 3.89. The zero-order valence-corrected chi connectivity index (χ0v) is 9.89. The lowest BCUT2D eigenvalue weighted by molar-refractivity contribution is 0.260. The highest BCUT2D eigenvalue weighted by molar-refractivity contribution is 5.21. The summed E-state index contributed by atoms with van der Waals surface area (Å²) < 4.78 is 0. The van der Waals surface area contributed by atoms with Gasteiger partial charge < -0.3 is 0 Å². The number of hydrogen-bond donors (Lipinski definition) is 0. The molecule has 1 nitrogen and oxygen atoms in total. The lowest BCUT2D eigenvalue weighted by Crippen LogP contribution is -2.23. The minimum Gasteiger partial charge on any atom is -0.198 e. The van der Waals surface area contributed by atoms with Gasteiger partial charge >= 0.3 is 0 Å². The molecule has 0 radical (unpaired) electrons. The molecule has 0 amide bonds. The van der Waals surface area contributed by atoms with Gasteiger partial charge in [-0.2, -0.15) is 5.26 Å². The van der Waals surface area contributed by atoms with Crippen LogP contribution in [-0.2, 0) is 0 Å². The molecule has 16 heavy (non-hydrogen) atoms. The highest BCUT2D eigenvalue weighted by Crippen LogP contribution is 2.41. The molecule has 0 saturated heterocycles. The normalized spacial score (nSPS) is 27.0. The van der Waals surface area contributed by atoms with Gasteiger partial charge in [0.25, 0.3) is 0 Å². The summed E-state index contributed by atoms with van der Waals surface area (Å²) in [6.45, 7) is 2.08. The fraction of sp³-hybridized carbons (Fsp3) is 0.533. The van der Waals surface area contributed by atoms with Crippen LogP contribution in [-0.4, -0.2) is 0 Å². The van der Waals surface area contributed by atoms with Gasteiger partial charge in [0.15, 0.2) is 0 Å². The van der Waals surface area contributed by atoms with Crippen LogP contribution in [0.15, 0.2) is 30.3 Å². The molecule has 1 aliphatic rings. The summed E-state index contributed by atoms with van der Waals surface area (Å²) in [5.41, 5.74) is 1.43. The molecule has 0 bridgehead atoms. The van der Waals surface area contributed by atoms with E-state index in [9.17, 15) is 0 Å². The van der Waals surface area contributed by atoms with E-state index in [2.05, 4.69) is 43.3 Å². The smallest absolute Gasteiger partial charge is 0.0656 e. The van der Waals surface area contributed by atoms with Gasteiger partial charge in [-0.05, 0) is 37.2 Å². The van der Waals surface area contributed by atoms with Crippen LogP contribution in [0.2, 0.25) is 0 Å². The maximum atomic E-state index is 9.10. The Morgan fingerprint density at radius 2 is 1.88 bits per heavy atom. The molecule has 0 spiro atoms. The summed E-state index contributed by atoms with van der Waals surface area (Å²) >= 11 is 0. The average molecular weight is 213 g/mol. The molecule has 0 N–H and O–H groups in total. The molecular formula is C15H19N. The number of hydrogen-bond acceptors (Lipinski definition) is 1. The summed E-state index contributed by atoms with van der Waals surface area (Å²) in [4.78, 5) is 0. The minimum absolute atomic E-state index is 0.186. The molecule has 2 rings (SSSR count). The van der Waals surface area contributed by atoms with E-state index in [1.807, 2.05) is 0 Å². The monoisotopic (exact) mass is 213 g/mol. The van der Waals surface area contributed by atoms with Gasteiger partial charge in [-0.1, -0.05) is 43.2 Å². The number of nitrogens with zero attached hydrogens (tertiary/aromatic N) is 1. The van der Waals surface area contributed by atoms with Crippen LogP contribution < -0.4 is 0 Å². The van der Waals surface area contributed by atoms with Crippen LogP contribution in [0.3, 0.4) is 0 Å². The van der Waals surface area contributed by atoms with Crippen molar-refractivity contribution in [3.8, 4) is 6.07 Å². The lowest BCUT2D eigenvalue weighted by Gasteiger charge is -2.33. The van der Waals surface area contributed by atoms with E-state index in [1.165, 1.54) is 31.2 Å². The van der Waals surface area contributed by atoms with Gasteiger partial charge in [0.2, 0.25) is 0 Å². The van der Waals surface area contributed by atoms with Crippen molar-refractivity contribution in [2.24, 2.45) is 11.8 Å². The standard InChI is InChI=1S/C15H19N/c1-12(11-16)14-9-5-6-10-15(14)13-7-3-2-4-8-13/h2-4,7-8,12,14-15H,5-6,9-10H2,1H3. The van der Waals surface area contributed by atoms with E-state index in [0.29, 0.717) is 11.8 Å². The van der Waals surface area contributed by atoms with Crippen LogP contribution in [0, 0.1) is 23.2 Å². The van der Waals surface area contributed by atoms with Crippen LogP contribution in [0.5, 0.6) is 0 Å². The first kappa shape index (κ1) is 11.2. The Balaban J connectivity index is 2.21. The highest BCUT2D eigenvalue weighted by Gasteiger charge is 2.30. The zero-order chi connectivity index (χ0) is 11.4. The van der Waals surface area contributed by atoms with Gasteiger partial charge in [0, 0.05) is 5.92 Å². The van der Waals surface area contributed by atoms with Crippen molar-refractivity contribution >= 4 is 0 Å². The van der Waals surface area contributed by atoms with Gasteiger partial charge in [0.05, 0.1) is 6.07 Å². The highest BCUT2D eigenvalue weighted by atomic mass is 14.4. The predicted octanol–water partition coefficient (Wildman–Crippen LogP) is 4.12. The maximum absolute atomic E-state index is 9.10. The molecule has 0 aliphatic heterocycles. The van der Waals surface area contributed by atoms with Crippen molar-refractivity contribution in [3.63, 3.8) is 0 Å². The summed E-state index contributed by atoms with van der Waals surface area (Å²) in [5, 5.41) is 9.10. The van der Waals surface area contributed by atoms with Crippen LogP contribution >= 0.6 is 0 Å². The Morgan fingerprint density at radius 1 is 1.19 bits per heavy atom. The average Bonchev–Trinajstić information content (AvgIpc) is 2.39. The maximum Gasteiger partial charge on any atom is 0.0656 e. The van der Waals surface area contributed by atoms with Crippen molar-refractivity contribution in [1.82, 2.24) is 0 Å². The molecule has 3 atom stereocenters. The molecule has 1 heteroatoms. The van der Waals surface area contributed by atoms with Gasteiger partial charge in [-0.15, -0.1) is 0 Å². The first-order chi connectivity index (χ1) is 7.83. The second-order valence-corrected chi connectivity index (χ2v) is 4.88. The van der Waals surface area contributed by atoms with Crippen molar-refractivity contribution in [2.45, 2.75) is 38.5 Å². The third-order valence-corrected chi connectivity index (χ3v) is 3.89. The first-order valence-electron chi connectivity index (χ1n) is 6.27. The van der Waals surface area contributed by atoms with Crippen molar-refractivity contribution in [2.75, 3.05) is 0 Å². The zero-order valence-electron chi connectivity index (χ0n) is 9.89. The first-order valence-corrected chi connectivity index (χ1v) is 6.27. The third kappa shape index (κ3) is 2.27. The molecule has 1 saturated carbocycles. The molecule has 0 heterocycles. The second-order valence-electron chi connectivity index (χ2n) is 4.88. The topological polar surface area (TPSA) is 23.8 Å². The van der Waals surface area contributed by atoms with Crippen molar-refractivity contribution in [1.29, 1.82) is 5.26 Å². The van der Waals surface area contributed by atoms with Gasteiger partial charge in [-0.25, -0.2) is 0 Å². The number of rotatable bonds is 2. The van der Waals surface area contributed by atoms with E-state index in [1.54, 1.807) is 0 Å².